The van der Waals surface area contributed by atoms with E-state index in [0.29, 0.717) is 12.2 Å². The number of hydrogen-bond donors (Lipinski definition) is 0. The lowest BCUT2D eigenvalue weighted by Gasteiger charge is -2.22. The number of rotatable bonds is 9. The van der Waals surface area contributed by atoms with Crippen LogP contribution in [0.5, 0.6) is 0 Å². The van der Waals surface area contributed by atoms with Crippen LogP contribution in [0.4, 0.5) is 5.69 Å². The summed E-state index contributed by atoms with van der Waals surface area (Å²) in [5.74, 6) is 0. The van der Waals surface area contributed by atoms with Crippen molar-refractivity contribution < 1.29 is 0 Å². The van der Waals surface area contributed by atoms with Gasteiger partial charge in [0.05, 0.1) is 0 Å². The highest BCUT2D eigenvalue weighted by Crippen LogP contribution is 2.20. The molecule has 132 valence electrons. The normalized spacial score (nSPS) is 10.8. The van der Waals surface area contributed by atoms with Crippen molar-refractivity contribution in [2.24, 2.45) is 5.18 Å². The summed E-state index contributed by atoms with van der Waals surface area (Å²) in [7, 11) is 0. The van der Waals surface area contributed by atoms with E-state index in [0.717, 1.165) is 42.9 Å². The van der Waals surface area contributed by atoms with Crippen LogP contribution >= 0.6 is 0 Å². The van der Waals surface area contributed by atoms with E-state index in [4.69, 9.17) is 0 Å². The predicted octanol–water partition coefficient (Wildman–Crippen LogP) is 4.16. The van der Waals surface area contributed by atoms with Crippen molar-refractivity contribution in [1.82, 2.24) is 14.9 Å². The van der Waals surface area contributed by atoms with Gasteiger partial charge in [-0.3, -0.25) is 14.9 Å². The average Bonchev–Trinajstić information content (AvgIpc) is 2.72. The minimum absolute atomic E-state index is 0.508. The molecule has 0 aliphatic rings. The first-order chi connectivity index (χ1) is 12.8. The van der Waals surface area contributed by atoms with Crippen LogP contribution in [0.2, 0.25) is 0 Å². The zero-order valence-corrected chi connectivity index (χ0v) is 14.7. The van der Waals surface area contributed by atoms with E-state index in [1.165, 1.54) is 0 Å². The maximum Gasteiger partial charge on any atom is 0.112 e. The van der Waals surface area contributed by atoms with Crippen molar-refractivity contribution in [2.75, 3.05) is 13.1 Å². The highest BCUT2D eigenvalue weighted by atomic mass is 16.3. The summed E-state index contributed by atoms with van der Waals surface area (Å²) < 4.78 is 0. The summed E-state index contributed by atoms with van der Waals surface area (Å²) >= 11 is 0. The second kappa shape index (κ2) is 9.53. The average molecular weight is 346 g/mol. The van der Waals surface area contributed by atoms with Gasteiger partial charge in [-0.2, -0.15) is 0 Å². The Morgan fingerprint density at radius 2 is 1.35 bits per heavy atom. The van der Waals surface area contributed by atoms with Gasteiger partial charge in [0.1, 0.15) is 5.69 Å². The topological polar surface area (TPSA) is 58.5 Å². The number of hydrogen-bond acceptors (Lipinski definition) is 5. The Morgan fingerprint density at radius 3 is 1.88 bits per heavy atom. The molecule has 0 radical (unpaired) electrons. The number of benzene rings is 1. The fourth-order valence-electron chi connectivity index (χ4n) is 2.88. The van der Waals surface area contributed by atoms with E-state index in [9.17, 15) is 4.91 Å². The van der Waals surface area contributed by atoms with Gasteiger partial charge in [-0.25, -0.2) is 0 Å². The molecule has 0 fully saturated rings. The van der Waals surface area contributed by atoms with Gasteiger partial charge in [-0.05, 0) is 41.1 Å². The minimum atomic E-state index is 0.508. The fraction of sp³-hybridized carbons (Fsp3) is 0.238. The molecule has 0 N–H and O–H groups in total. The molecule has 0 unspecified atom stereocenters. The van der Waals surface area contributed by atoms with E-state index in [1.54, 1.807) is 6.07 Å². The van der Waals surface area contributed by atoms with Gasteiger partial charge in [0, 0.05) is 56.3 Å². The van der Waals surface area contributed by atoms with Crippen molar-refractivity contribution >= 4 is 5.69 Å². The van der Waals surface area contributed by atoms with E-state index in [-0.39, 0.29) is 0 Å². The lowest BCUT2D eigenvalue weighted by Crippen LogP contribution is -2.28. The van der Waals surface area contributed by atoms with Gasteiger partial charge in [0.15, 0.2) is 0 Å². The molecule has 0 bridgehead atoms. The van der Waals surface area contributed by atoms with Crippen molar-refractivity contribution in [3.8, 4) is 0 Å². The smallest absolute Gasteiger partial charge is 0.112 e. The summed E-state index contributed by atoms with van der Waals surface area (Å²) in [4.78, 5) is 22.2. The molecule has 0 saturated heterocycles. The van der Waals surface area contributed by atoms with Gasteiger partial charge in [-0.1, -0.05) is 30.3 Å². The second-order valence-corrected chi connectivity index (χ2v) is 6.14. The van der Waals surface area contributed by atoms with Gasteiger partial charge in [0.25, 0.3) is 0 Å². The standard InChI is InChI=1S/C21H22N4O/c26-24-21-10-2-1-7-18(21)17-25(15-11-19-8-3-5-13-22-19)16-12-20-9-4-6-14-23-20/h1-10,13-14H,11-12,15-17H2. The number of pyridine rings is 2. The Morgan fingerprint density at radius 1 is 0.769 bits per heavy atom. The SMILES string of the molecule is O=Nc1ccccc1CN(CCc1ccccn1)CCc1ccccn1. The van der Waals surface area contributed by atoms with Crippen LogP contribution in [0.3, 0.4) is 0 Å². The number of nitrogens with zero attached hydrogens (tertiary/aromatic N) is 4. The van der Waals surface area contributed by atoms with Crippen LogP contribution < -0.4 is 0 Å². The molecule has 3 aromatic rings. The molecular weight excluding hydrogens is 324 g/mol. The van der Waals surface area contributed by atoms with Crippen LogP contribution in [-0.2, 0) is 19.4 Å². The Balaban J connectivity index is 1.68. The minimum Gasteiger partial charge on any atom is -0.298 e. The summed E-state index contributed by atoms with van der Waals surface area (Å²) in [5.41, 5.74) is 3.59. The Kier molecular flexibility index (Phi) is 6.56. The van der Waals surface area contributed by atoms with E-state index < -0.39 is 0 Å². The van der Waals surface area contributed by atoms with Crippen molar-refractivity contribution in [2.45, 2.75) is 19.4 Å². The molecule has 0 amide bonds. The third-order valence-electron chi connectivity index (χ3n) is 4.30. The quantitative estimate of drug-likeness (QED) is 0.546. The lowest BCUT2D eigenvalue weighted by atomic mass is 10.1. The zero-order chi connectivity index (χ0) is 18.0. The van der Waals surface area contributed by atoms with Crippen LogP contribution in [0.15, 0.2) is 78.2 Å². The van der Waals surface area contributed by atoms with Crippen molar-refractivity contribution in [3.63, 3.8) is 0 Å². The molecular formula is C21H22N4O. The molecule has 0 aliphatic carbocycles. The van der Waals surface area contributed by atoms with Crippen LogP contribution in [0.1, 0.15) is 17.0 Å². The lowest BCUT2D eigenvalue weighted by molar-refractivity contribution is 0.271. The molecule has 2 aromatic heterocycles. The molecule has 26 heavy (non-hydrogen) atoms. The fourth-order valence-corrected chi connectivity index (χ4v) is 2.88. The summed E-state index contributed by atoms with van der Waals surface area (Å²) in [6, 6.07) is 19.5. The second-order valence-electron chi connectivity index (χ2n) is 6.14. The Hall–Kier alpha value is -2.92. The zero-order valence-electron chi connectivity index (χ0n) is 14.7. The Bertz CT molecular complexity index is 765. The molecule has 2 heterocycles. The van der Waals surface area contributed by atoms with Gasteiger partial charge >= 0.3 is 0 Å². The monoisotopic (exact) mass is 346 g/mol. The van der Waals surface area contributed by atoms with Crippen molar-refractivity contribution in [3.05, 3.63) is 94.9 Å². The van der Waals surface area contributed by atoms with Crippen LogP contribution in [0, 0.1) is 4.91 Å². The summed E-state index contributed by atoms with van der Waals surface area (Å²) in [6.45, 7) is 2.40. The molecule has 1 aromatic carbocycles. The predicted molar refractivity (Wildman–Crippen MR) is 103 cm³/mol. The molecule has 3 rings (SSSR count). The molecule has 5 nitrogen and oxygen atoms in total. The molecule has 0 atom stereocenters. The summed E-state index contributed by atoms with van der Waals surface area (Å²) in [5, 5.41) is 3.16. The molecule has 0 saturated carbocycles. The highest BCUT2D eigenvalue weighted by molar-refractivity contribution is 5.45. The largest absolute Gasteiger partial charge is 0.298 e. The summed E-state index contributed by atoms with van der Waals surface area (Å²) in [6.07, 6.45) is 5.36. The third kappa shape index (κ3) is 5.29. The first-order valence-electron chi connectivity index (χ1n) is 8.78. The maximum absolute atomic E-state index is 11.1. The maximum atomic E-state index is 11.1. The molecule has 5 heteroatoms. The van der Waals surface area contributed by atoms with E-state index in [2.05, 4.69) is 20.0 Å². The van der Waals surface area contributed by atoms with Gasteiger partial charge < -0.3 is 0 Å². The number of nitroso groups, excluding NO2 is 1. The van der Waals surface area contributed by atoms with E-state index in [1.807, 2.05) is 67.0 Å². The van der Waals surface area contributed by atoms with Gasteiger partial charge in [-0.15, -0.1) is 4.91 Å². The van der Waals surface area contributed by atoms with Gasteiger partial charge in [0.2, 0.25) is 0 Å². The number of aromatic nitrogens is 2. The third-order valence-corrected chi connectivity index (χ3v) is 4.30. The van der Waals surface area contributed by atoms with E-state index >= 15 is 0 Å². The molecule has 0 spiro atoms. The highest BCUT2D eigenvalue weighted by Gasteiger charge is 2.11. The first-order valence-corrected chi connectivity index (χ1v) is 8.78. The van der Waals surface area contributed by atoms with Crippen LogP contribution in [0.25, 0.3) is 0 Å². The Labute approximate surface area is 153 Å². The first kappa shape index (κ1) is 17.9. The van der Waals surface area contributed by atoms with Crippen LogP contribution in [-0.4, -0.2) is 28.0 Å². The molecule has 0 aliphatic heterocycles. The van der Waals surface area contributed by atoms with Crippen molar-refractivity contribution in [1.29, 1.82) is 0 Å².